The molecule has 2 aromatic rings. The minimum absolute atomic E-state index is 0.141. The Kier molecular flexibility index (Phi) is 6.49. The highest BCUT2D eigenvalue weighted by molar-refractivity contribution is 5.79. The monoisotopic (exact) mass is 357 g/mol. The van der Waals surface area contributed by atoms with Gasteiger partial charge in [-0.15, -0.1) is 0 Å². The Morgan fingerprint density at radius 2 is 2.35 bits per heavy atom. The van der Waals surface area contributed by atoms with Crippen LogP contribution >= 0.6 is 0 Å². The van der Waals surface area contributed by atoms with Gasteiger partial charge in [0, 0.05) is 44.5 Å². The molecule has 0 saturated carbocycles. The lowest BCUT2D eigenvalue weighted by molar-refractivity contribution is 0.140. The van der Waals surface area contributed by atoms with Crippen molar-refractivity contribution in [3.63, 3.8) is 0 Å². The van der Waals surface area contributed by atoms with E-state index in [2.05, 4.69) is 45.8 Å². The lowest BCUT2D eigenvalue weighted by Crippen LogP contribution is -2.38. The number of hydrogen-bond donors (Lipinski definition) is 2. The zero-order chi connectivity index (χ0) is 18.2. The number of nitrogens with one attached hydrogen (secondary N) is 2. The first-order valence-electron chi connectivity index (χ1n) is 9.00. The normalized spacial score (nSPS) is 17.3. The van der Waals surface area contributed by atoms with Crippen LogP contribution in [-0.4, -0.2) is 48.7 Å². The van der Waals surface area contributed by atoms with E-state index in [1.807, 2.05) is 16.9 Å². The summed E-state index contributed by atoms with van der Waals surface area (Å²) in [5, 5.41) is 10.8. The summed E-state index contributed by atoms with van der Waals surface area (Å²) in [5.41, 5.74) is 2.29. The fourth-order valence-electron chi connectivity index (χ4n) is 2.82. The molecule has 1 unspecified atom stereocenters. The van der Waals surface area contributed by atoms with Gasteiger partial charge < -0.3 is 20.1 Å². The topological polar surface area (TPSA) is 72.7 Å². The number of aliphatic imine (C=N–C) groups is 1. The maximum Gasteiger partial charge on any atom is 0.191 e. The van der Waals surface area contributed by atoms with E-state index in [0.717, 1.165) is 43.4 Å². The van der Waals surface area contributed by atoms with E-state index in [-0.39, 0.29) is 6.10 Å². The van der Waals surface area contributed by atoms with Gasteiger partial charge in [0.1, 0.15) is 11.9 Å². The summed E-state index contributed by atoms with van der Waals surface area (Å²) in [6, 6.07) is 8.21. The van der Waals surface area contributed by atoms with Crippen LogP contribution in [0, 0.1) is 6.92 Å². The van der Waals surface area contributed by atoms with E-state index >= 15 is 0 Å². The molecular formula is C19H27N5O2. The zero-order valence-corrected chi connectivity index (χ0v) is 15.4. The van der Waals surface area contributed by atoms with Crippen molar-refractivity contribution in [2.24, 2.45) is 4.99 Å². The number of nitrogens with zero attached hydrogens (tertiary/aromatic N) is 3. The van der Waals surface area contributed by atoms with E-state index in [1.54, 1.807) is 13.2 Å². The standard InChI is InChI=1S/C19H27N5O2/c1-15-4-5-16(18(12-15)26-17-6-11-25-14-17)13-22-19(20-2)21-8-10-24-9-3-7-23-24/h3-5,7,9,12,17H,6,8,10-11,13-14H2,1-2H3,(H2,20,21,22). The summed E-state index contributed by atoms with van der Waals surface area (Å²) in [4.78, 5) is 4.28. The summed E-state index contributed by atoms with van der Waals surface area (Å²) >= 11 is 0. The molecule has 0 spiro atoms. The van der Waals surface area contributed by atoms with Crippen LogP contribution in [0.15, 0.2) is 41.7 Å². The van der Waals surface area contributed by atoms with Gasteiger partial charge in [-0.1, -0.05) is 12.1 Å². The Bertz CT molecular complexity index is 709. The SMILES string of the molecule is CN=C(NCCn1cccn1)NCc1ccc(C)cc1OC1CCOC1. The van der Waals surface area contributed by atoms with Gasteiger partial charge in [-0.25, -0.2) is 0 Å². The summed E-state index contributed by atoms with van der Waals surface area (Å²) in [5.74, 6) is 1.67. The predicted molar refractivity (Wildman–Crippen MR) is 101 cm³/mol. The van der Waals surface area contributed by atoms with Crippen molar-refractivity contribution in [2.45, 2.75) is 32.5 Å². The molecule has 2 heterocycles. The van der Waals surface area contributed by atoms with Crippen molar-refractivity contribution < 1.29 is 9.47 Å². The Labute approximate surface area is 154 Å². The Balaban J connectivity index is 1.53. The van der Waals surface area contributed by atoms with Gasteiger partial charge in [0.2, 0.25) is 0 Å². The van der Waals surface area contributed by atoms with Crippen LogP contribution in [-0.2, 0) is 17.8 Å². The lowest BCUT2D eigenvalue weighted by Gasteiger charge is -2.18. The van der Waals surface area contributed by atoms with E-state index in [0.29, 0.717) is 13.2 Å². The molecule has 1 atom stereocenters. The second-order valence-electron chi connectivity index (χ2n) is 6.34. The van der Waals surface area contributed by atoms with Crippen molar-refractivity contribution in [2.75, 3.05) is 26.8 Å². The molecule has 1 aromatic carbocycles. The van der Waals surface area contributed by atoms with Crippen LogP contribution in [0.3, 0.4) is 0 Å². The largest absolute Gasteiger partial charge is 0.488 e. The van der Waals surface area contributed by atoms with Crippen LogP contribution < -0.4 is 15.4 Å². The van der Waals surface area contributed by atoms with Crippen LogP contribution in [0.5, 0.6) is 5.75 Å². The molecule has 1 fully saturated rings. The molecule has 0 aliphatic carbocycles. The van der Waals surface area contributed by atoms with Crippen molar-refractivity contribution in [3.05, 3.63) is 47.8 Å². The van der Waals surface area contributed by atoms with Gasteiger partial charge in [-0.3, -0.25) is 9.67 Å². The molecule has 1 aromatic heterocycles. The number of guanidine groups is 1. The summed E-state index contributed by atoms with van der Waals surface area (Å²) < 4.78 is 13.4. The predicted octanol–water partition coefficient (Wildman–Crippen LogP) is 1.72. The van der Waals surface area contributed by atoms with Crippen molar-refractivity contribution in [1.82, 2.24) is 20.4 Å². The van der Waals surface area contributed by atoms with E-state index in [4.69, 9.17) is 9.47 Å². The highest BCUT2D eigenvalue weighted by Crippen LogP contribution is 2.23. The average molecular weight is 357 g/mol. The van der Waals surface area contributed by atoms with Gasteiger partial charge >= 0.3 is 0 Å². The average Bonchev–Trinajstić information content (AvgIpc) is 3.33. The third-order valence-corrected chi connectivity index (χ3v) is 4.27. The number of rotatable bonds is 7. The van der Waals surface area contributed by atoms with E-state index < -0.39 is 0 Å². The van der Waals surface area contributed by atoms with Crippen LogP contribution in [0.2, 0.25) is 0 Å². The number of aryl methyl sites for hydroxylation is 1. The molecule has 1 aliphatic heterocycles. The molecule has 1 saturated heterocycles. The Morgan fingerprint density at radius 3 is 3.08 bits per heavy atom. The number of aromatic nitrogens is 2. The van der Waals surface area contributed by atoms with Crippen LogP contribution in [0.4, 0.5) is 0 Å². The third-order valence-electron chi connectivity index (χ3n) is 4.27. The zero-order valence-electron chi connectivity index (χ0n) is 15.4. The highest BCUT2D eigenvalue weighted by Gasteiger charge is 2.18. The maximum absolute atomic E-state index is 6.15. The molecule has 26 heavy (non-hydrogen) atoms. The van der Waals surface area contributed by atoms with Crippen molar-refractivity contribution in [3.8, 4) is 5.75 Å². The minimum atomic E-state index is 0.141. The number of ether oxygens (including phenoxy) is 2. The summed E-state index contributed by atoms with van der Waals surface area (Å²) in [7, 11) is 1.77. The fourth-order valence-corrected chi connectivity index (χ4v) is 2.82. The van der Waals surface area contributed by atoms with Gasteiger partial charge in [0.05, 0.1) is 19.8 Å². The van der Waals surface area contributed by atoms with Crippen molar-refractivity contribution >= 4 is 5.96 Å². The van der Waals surface area contributed by atoms with Crippen LogP contribution in [0.25, 0.3) is 0 Å². The third kappa shape index (κ3) is 5.23. The molecule has 2 N–H and O–H groups in total. The molecule has 7 heteroatoms. The summed E-state index contributed by atoms with van der Waals surface area (Å²) in [6.45, 7) is 5.69. The number of hydrogen-bond acceptors (Lipinski definition) is 4. The molecule has 0 amide bonds. The Morgan fingerprint density at radius 1 is 1.42 bits per heavy atom. The molecule has 7 nitrogen and oxygen atoms in total. The fraction of sp³-hybridized carbons (Fsp3) is 0.474. The first kappa shape index (κ1) is 18.3. The molecule has 0 bridgehead atoms. The van der Waals surface area contributed by atoms with Gasteiger partial charge in [-0.2, -0.15) is 5.10 Å². The molecule has 1 aliphatic rings. The van der Waals surface area contributed by atoms with Crippen LogP contribution in [0.1, 0.15) is 17.5 Å². The summed E-state index contributed by atoms with van der Waals surface area (Å²) in [6.07, 6.45) is 4.81. The molecule has 140 valence electrons. The van der Waals surface area contributed by atoms with Gasteiger partial charge in [0.25, 0.3) is 0 Å². The van der Waals surface area contributed by atoms with E-state index in [9.17, 15) is 0 Å². The lowest BCUT2D eigenvalue weighted by atomic mass is 10.1. The minimum Gasteiger partial charge on any atom is -0.488 e. The molecule has 3 rings (SSSR count). The van der Waals surface area contributed by atoms with Gasteiger partial charge in [0.15, 0.2) is 5.96 Å². The number of benzene rings is 1. The maximum atomic E-state index is 6.15. The van der Waals surface area contributed by atoms with Crippen molar-refractivity contribution in [1.29, 1.82) is 0 Å². The first-order valence-corrected chi connectivity index (χ1v) is 9.00. The molecule has 0 radical (unpaired) electrons. The highest BCUT2D eigenvalue weighted by atomic mass is 16.5. The first-order chi connectivity index (χ1) is 12.7. The molecular weight excluding hydrogens is 330 g/mol. The van der Waals surface area contributed by atoms with Gasteiger partial charge in [-0.05, 0) is 24.6 Å². The quantitative estimate of drug-likeness (QED) is 0.583. The van der Waals surface area contributed by atoms with E-state index in [1.165, 1.54) is 5.56 Å². The Hall–Kier alpha value is -2.54. The smallest absolute Gasteiger partial charge is 0.191 e. The second kappa shape index (κ2) is 9.24. The second-order valence-corrected chi connectivity index (χ2v) is 6.34.